The average molecular weight is 214 g/mol. The zero-order valence-corrected chi connectivity index (χ0v) is 7.94. The van der Waals surface area contributed by atoms with Crippen molar-refractivity contribution in [2.75, 3.05) is 13.2 Å². The van der Waals surface area contributed by atoms with Gasteiger partial charge in [0.1, 0.15) is 6.04 Å². The van der Waals surface area contributed by atoms with Crippen LogP contribution in [0.2, 0.25) is 0 Å². The van der Waals surface area contributed by atoms with E-state index in [1.807, 2.05) is 5.48 Å². The van der Waals surface area contributed by atoms with Gasteiger partial charge in [0.25, 0.3) is 0 Å². The van der Waals surface area contributed by atoms with Crippen LogP contribution in [0.4, 0.5) is 13.2 Å². The van der Waals surface area contributed by atoms with Crippen molar-refractivity contribution in [1.82, 2.24) is 10.8 Å². The third-order valence-electron chi connectivity index (χ3n) is 1.24. The predicted octanol–water partition coefficient (Wildman–Crippen LogP) is 0.594. The summed E-state index contributed by atoms with van der Waals surface area (Å²) in [5.41, 5.74) is 1.99. The summed E-state index contributed by atoms with van der Waals surface area (Å²) in [7, 11) is 0. The lowest BCUT2D eigenvalue weighted by Gasteiger charge is -2.13. The quantitative estimate of drug-likeness (QED) is 0.659. The molecule has 0 fully saturated rings. The van der Waals surface area contributed by atoms with Gasteiger partial charge in [-0.05, 0) is 13.8 Å². The Morgan fingerprint density at radius 1 is 1.50 bits per heavy atom. The summed E-state index contributed by atoms with van der Waals surface area (Å²) >= 11 is 0. The van der Waals surface area contributed by atoms with Gasteiger partial charge in [-0.3, -0.25) is 9.63 Å². The molecule has 0 rings (SSSR count). The highest BCUT2D eigenvalue weighted by molar-refractivity contribution is 5.80. The fraction of sp³-hybridized carbons (Fsp3) is 0.857. The van der Waals surface area contributed by atoms with Crippen LogP contribution in [-0.2, 0) is 9.63 Å². The molecule has 7 heteroatoms. The molecule has 0 saturated carbocycles. The Hall–Kier alpha value is -0.820. The number of hydrogen-bond donors (Lipinski definition) is 2. The minimum Gasteiger partial charge on any atom is -0.355 e. The lowest BCUT2D eigenvalue weighted by atomic mass is 10.3. The first kappa shape index (κ1) is 13.2. The highest BCUT2D eigenvalue weighted by Crippen LogP contribution is 2.13. The van der Waals surface area contributed by atoms with Gasteiger partial charge in [-0.1, -0.05) is 0 Å². The van der Waals surface area contributed by atoms with Gasteiger partial charge in [-0.2, -0.15) is 18.7 Å². The Kier molecular flexibility index (Phi) is 5.47. The molecule has 0 aliphatic heterocycles. The molecule has 0 bridgehead atoms. The number of hydrogen-bond acceptors (Lipinski definition) is 3. The van der Waals surface area contributed by atoms with Crippen LogP contribution in [0.3, 0.4) is 0 Å². The summed E-state index contributed by atoms with van der Waals surface area (Å²) in [6.07, 6.45) is -4.39. The van der Waals surface area contributed by atoms with Gasteiger partial charge in [-0.25, -0.2) is 0 Å². The van der Waals surface area contributed by atoms with Gasteiger partial charge >= 0.3 is 6.18 Å². The number of amides is 1. The van der Waals surface area contributed by atoms with Crippen molar-refractivity contribution in [3.63, 3.8) is 0 Å². The molecule has 0 spiro atoms. The van der Waals surface area contributed by atoms with Crippen LogP contribution >= 0.6 is 0 Å². The molecule has 0 aromatic carbocycles. The number of likely N-dealkylation sites (N-methyl/N-ethyl adjacent to an activating group) is 1. The van der Waals surface area contributed by atoms with Crippen molar-refractivity contribution in [3.05, 3.63) is 0 Å². The Morgan fingerprint density at radius 2 is 2.07 bits per heavy atom. The largest absolute Gasteiger partial charge is 0.413 e. The molecule has 0 aliphatic rings. The number of carbonyl (C=O) groups is 1. The van der Waals surface area contributed by atoms with Crippen LogP contribution in [0.5, 0.6) is 0 Å². The molecule has 0 saturated heterocycles. The Labute approximate surface area is 79.8 Å². The van der Waals surface area contributed by atoms with E-state index in [0.717, 1.165) is 0 Å². The van der Waals surface area contributed by atoms with Crippen LogP contribution in [-0.4, -0.2) is 31.3 Å². The van der Waals surface area contributed by atoms with Crippen molar-refractivity contribution >= 4 is 5.91 Å². The molecule has 0 heterocycles. The first-order chi connectivity index (χ1) is 6.37. The minimum atomic E-state index is -4.39. The average Bonchev–Trinajstić information content (AvgIpc) is 2.02. The molecule has 0 aliphatic carbocycles. The van der Waals surface area contributed by atoms with Gasteiger partial charge in [0.2, 0.25) is 5.91 Å². The summed E-state index contributed by atoms with van der Waals surface area (Å²) in [6, 6.07) is -0.808. The van der Waals surface area contributed by atoms with E-state index in [1.165, 1.54) is 6.92 Å². The highest BCUT2D eigenvalue weighted by atomic mass is 19.4. The number of halogens is 3. The molecule has 4 nitrogen and oxygen atoms in total. The summed E-state index contributed by atoms with van der Waals surface area (Å²) in [6.45, 7) is 2.11. The van der Waals surface area contributed by atoms with E-state index in [1.54, 1.807) is 6.92 Å². The van der Waals surface area contributed by atoms with E-state index in [-0.39, 0.29) is 0 Å². The molecular weight excluding hydrogens is 201 g/mol. The number of nitrogens with one attached hydrogen (secondary N) is 2. The van der Waals surface area contributed by atoms with E-state index in [0.29, 0.717) is 6.54 Å². The van der Waals surface area contributed by atoms with Crippen LogP contribution in [0.1, 0.15) is 13.8 Å². The summed E-state index contributed by atoms with van der Waals surface area (Å²) < 4.78 is 34.8. The van der Waals surface area contributed by atoms with Crippen molar-refractivity contribution in [2.24, 2.45) is 0 Å². The number of hydroxylamine groups is 1. The summed E-state index contributed by atoms with van der Waals surface area (Å²) in [4.78, 5) is 15.1. The van der Waals surface area contributed by atoms with Gasteiger partial charge < -0.3 is 5.32 Å². The first-order valence-electron chi connectivity index (χ1n) is 4.08. The predicted molar refractivity (Wildman–Crippen MR) is 43.3 cm³/mol. The van der Waals surface area contributed by atoms with Gasteiger partial charge in [0.05, 0.1) is 0 Å². The zero-order chi connectivity index (χ0) is 11.2. The second-order valence-electron chi connectivity index (χ2n) is 2.64. The first-order valence-corrected chi connectivity index (χ1v) is 4.08. The summed E-state index contributed by atoms with van der Waals surface area (Å²) in [5.74, 6) is -0.408. The Balaban J connectivity index is 3.63. The lowest BCUT2D eigenvalue weighted by Crippen LogP contribution is -2.43. The maximum absolute atomic E-state index is 11.6. The number of rotatable bonds is 5. The minimum absolute atomic E-state index is 0.408. The molecule has 1 unspecified atom stereocenters. The molecule has 1 amide bonds. The van der Waals surface area contributed by atoms with Gasteiger partial charge in [0, 0.05) is 6.54 Å². The maximum Gasteiger partial charge on any atom is 0.413 e. The topological polar surface area (TPSA) is 50.4 Å². The normalized spacial score (nSPS) is 13.8. The van der Waals surface area contributed by atoms with Crippen LogP contribution < -0.4 is 10.8 Å². The van der Waals surface area contributed by atoms with Crippen LogP contribution in [0.15, 0.2) is 0 Å². The molecule has 14 heavy (non-hydrogen) atoms. The van der Waals surface area contributed by atoms with Gasteiger partial charge in [-0.15, -0.1) is 0 Å². The van der Waals surface area contributed by atoms with Crippen LogP contribution in [0, 0.1) is 0 Å². The third kappa shape index (κ3) is 6.67. The standard InChI is InChI=1S/C7H13F3N2O2/c1-3-11-6(13)5(2)12-14-4-7(8,9)10/h5,12H,3-4H2,1-2H3,(H,11,13). The molecule has 1 atom stereocenters. The molecular formula is C7H13F3N2O2. The highest BCUT2D eigenvalue weighted by Gasteiger charge is 2.28. The lowest BCUT2D eigenvalue weighted by molar-refractivity contribution is -0.193. The van der Waals surface area contributed by atoms with Crippen LogP contribution in [0.25, 0.3) is 0 Å². The van der Waals surface area contributed by atoms with E-state index < -0.39 is 24.7 Å². The number of alkyl halides is 3. The molecule has 0 aromatic rings. The fourth-order valence-corrected chi connectivity index (χ4v) is 0.629. The van der Waals surface area contributed by atoms with E-state index in [4.69, 9.17) is 0 Å². The van der Waals surface area contributed by atoms with Crippen molar-refractivity contribution in [3.8, 4) is 0 Å². The van der Waals surface area contributed by atoms with Crippen molar-refractivity contribution < 1.29 is 22.8 Å². The smallest absolute Gasteiger partial charge is 0.355 e. The zero-order valence-electron chi connectivity index (χ0n) is 7.94. The fourth-order valence-electron chi connectivity index (χ4n) is 0.629. The Bertz CT molecular complexity index is 184. The second kappa shape index (κ2) is 5.82. The maximum atomic E-state index is 11.6. The molecule has 2 N–H and O–H groups in total. The Morgan fingerprint density at radius 3 is 2.50 bits per heavy atom. The van der Waals surface area contributed by atoms with Crippen molar-refractivity contribution in [2.45, 2.75) is 26.1 Å². The monoisotopic (exact) mass is 214 g/mol. The number of carbonyl (C=O) groups excluding carboxylic acids is 1. The van der Waals surface area contributed by atoms with Gasteiger partial charge in [0.15, 0.2) is 6.61 Å². The molecule has 0 radical (unpaired) electrons. The van der Waals surface area contributed by atoms with E-state index in [9.17, 15) is 18.0 Å². The molecule has 0 aromatic heterocycles. The molecule has 84 valence electrons. The van der Waals surface area contributed by atoms with E-state index in [2.05, 4.69) is 10.2 Å². The third-order valence-corrected chi connectivity index (χ3v) is 1.24. The second-order valence-corrected chi connectivity index (χ2v) is 2.64. The SMILES string of the molecule is CCNC(=O)C(C)NOCC(F)(F)F. The van der Waals surface area contributed by atoms with Crippen molar-refractivity contribution in [1.29, 1.82) is 0 Å². The van der Waals surface area contributed by atoms with E-state index >= 15 is 0 Å². The summed E-state index contributed by atoms with van der Waals surface area (Å²) in [5, 5.41) is 2.43.